The van der Waals surface area contributed by atoms with E-state index in [1.165, 1.54) is 24.3 Å². The van der Waals surface area contributed by atoms with Crippen molar-refractivity contribution in [3.05, 3.63) is 65.5 Å². The van der Waals surface area contributed by atoms with Gasteiger partial charge in [-0.2, -0.15) is 0 Å². The molecule has 2 unspecified atom stereocenters. The van der Waals surface area contributed by atoms with Crippen molar-refractivity contribution in [3.63, 3.8) is 0 Å². The smallest absolute Gasteiger partial charge is 0.238 e. The minimum atomic E-state index is -3.80. The predicted molar refractivity (Wildman–Crippen MR) is 120 cm³/mol. The Balaban J connectivity index is 2.11. The fraction of sp³-hybridized carbons (Fsp3) is 0.435. The SMILES string of the molecule is CC(c1cccc(S(N)(=O)=O)c1)N(C)CC(=O)NC(CC(C)(C)C)c1ccc(F)cc1. The number of nitrogens with one attached hydrogen (secondary N) is 1. The lowest BCUT2D eigenvalue weighted by Gasteiger charge is -2.29. The van der Waals surface area contributed by atoms with Crippen molar-refractivity contribution in [1.29, 1.82) is 0 Å². The normalized spacial score (nSPS) is 14.3. The number of rotatable bonds is 8. The van der Waals surface area contributed by atoms with E-state index in [0.29, 0.717) is 6.42 Å². The molecule has 8 heteroatoms. The van der Waals surface area contributed by atoms with Gasteiger partial charge in [-0.3, -0.25) is 9.69 Å². The van der Waals surface area contributed by atoms with Crippen LogP contribution in [0.15, 0.2) is 53.4 Å². The highest BCUT2D eigenvalue weighted by Gasteiger charge is 2.24. The van der Waals surface area contributed by atoms with Gasteiger partial charge in [-0.1, -0.05) is 45.0 Å². The molecule has 0 heterocycles. The molecular weight excluding hydrogens is 417 g/mol. The summed E-state index contributed by atoms with van der Waals surface area (Å²) in [4.78, 5) is 14.7. The quantitative estimate of drug-likeness (QED) is 0.642. The number of benzene rings is 2. The highest BCUT2D eigenvalue weighted by molar-refractivity contribution is 7.89. The van der Waals surface area contributed by atoms with Crippen LogP contribution in [0.3, 0.4) is 0 Å². The summed E-state index contributed by atoms with van der Waals surface area (Å²) in [6, 6.07) is 12.1. The molecular formula is C23H32FN3O3S. The lowest BCUT2D eigenvalue weighted by molar-refractivity contribution is -0.123. The Morgan fingerprint density at radius 3 is 2.29 bits per heavy atom. The van der Waals surface area contributed by atoms with Gasteiger partial charge in [0.05, 0.1) is 17.5 Å². The minimum absolute atomic E-state index is 0.0382. The molecule has 2 aromatic carbocycles. The molecule has 31 heavy (non-hydrogen) atoms. The zero-order chi connectivity index (χ0) is 23.4. The van der Waals surface area contributed by atoms with Gasteiger partial charge < -0.3 is 5.32 Å². The van der Waals surface area contributed by atoms with E-state index < -0.39 is 10.0 Å². The lowest BCUT2D eigenvalue weighted by Crippen LogP contribution is -2.39. The first-order valence-electron chi connectivity index (χ1n) is 10.1. The van der Waals surface area contributed by atoms with Crippen LogP contribution in [-0.4, -0.2) is 32.8 Å². The Kier molecular flexibility index (Phi) is 7.97. The predicted octanol–water partition coefficient (Wildman–Crippen LogP) is 3.76. The van der Waals surface area contributed by atoms with E-state index in [9.17, 15) is 17.6 Å². The third kappa shape index (κ3) is 7.72. The van der Waals surface area contributed by atoms with Crippen LogP contribution in [-0.2, 0) is 14.8 Å². The van der Waals surface area contributed by atoms with Crippen molar-refractivity contribution < 1.29 is 17.6 Å². The van der Waals surface area contributed by atoms with Crippen LogP contribution in [0.4, 0.5) is 4.39 Å². The average Bonchev–Trinajstić information content (AvgIpc) is 2.65. The highest BCUT2D eigenvalue weighted by atomic mass is 32.2. The summed E-state index contributed by atoms with van der Waals surface area (Å²) in [6.07, 6.45) is 0.694. The number of hydrogen-bond acceptors (Lipinski definition) is 4. The molecule has 0 aromatic heterocycles. The molecule has 0 spiro atoms. The first-order chi connectivity index (χ1) is 14.3. The second-order valence-electron chi connectivity index (χ2n) is 9.15. The van der Waals surface area contributed by atoms with Crippen molar-refractivity contribution >= 4 is 15.9 Å². The number of nitrogens with two attached hydrogens (primary N) is 1. The van der Waals surface area contributed by atoms with Crippen molar-refractivity contribution in [2.75, 3.05) is 13.6 Å². The standard InChI is InChI=1S/C23H32FN3O3S/c1-16(18-7-6-8-20(13-18)31(25,29)30)27(5)15-22(28)26-21(14-23(2,3)4)17-9-11-19(24)12-10-17/h6-13,16,21H,14-15H2,1-5H3,(H,26,28)(H2,25,29,30). The number of amides is 1. The summed E-state index contributed by atoms with van der Waals surface area (Å²) < 4.78 is 36.6. The first-order valence-corrected chi connectivity index (χ1v) is 11.7. The van der Waals surface area contributed by atoms with Gasteiger partial charge in [0.2, 0.25) is 15.9 Å². The summed E-state index contributed by atoms with van der Waals surface area (Å²) in [5.74, 6) is -0.490. The zero-order valence-electron chi connectivity index (χ0n) is 18.7. The van der Waals surface area contributed by atoms with Gasteiger partial charge in [-0.25, -0.2) is 17.9 Å². The molecule has 1 amide bonds. The Labute approximate surface area is 184 Å². The molecule has 6 nitrogen and oxygen atoms in total. The van der Waals surface area contributed by atoms with Crippen molar-refractivity contribution in [3.8, 4) is 0 Å². The summed E-state index contributed by atoms with van der Waals surface area (Å²) in [5, 5.41) is 8.29. The monoisotopic (exact) mass is 449 g/mol. The van der Waals surface area contributed by atoms with Crippen LogP contribution in [0.1, 0.15) is 57.3 Å². The van der Waals surface area contributed by atoms with Crippen molar-refractivity contribution in [2.45, 2.75) is 51.1 Å². The molecule has 2 aromatic rings. The summed E-state index contributed by atoms with van der Waals surface area (Å²) in [5.41, 5.74) is 1.55. The van der Waals surface area contributed by atoms with Crippen LogP contribution in [0, 0.1) is 11.2 Å². The zero-order valence-corrected chi connectivity index (χ0v) is 19.5. The van der Waals surface area contributed by atoms with Gasteiger partial charge >= 0.3 is 0 Å². The molecule has 0 radical (unpaired) electrons. The number of carbonyl (C=O) groups excluding carboxylic acids is 1. The molecule has 0 saturated carbocycles. The van der Waals surface area contributed by atoms with Gasteiger partial charge in [0.25, 0.3) is 0 Å². The van der Waals surface area contributed by atoms with Gasteiger partial charge in [-0.15, -0.1) is 0 Å². The average molecular weight is 450 g/mol. The van der Waals surface area contributed by atoms with Crippen LogP contribution in [0.2, 0.25) is 0 Å². The highest BCUT2D eigenvalue weighted by Crippen LogP contribution is 2.30. The molecule has 3 N–H and O–H groups in total. The van der Waals surface area contributed by atoms with E-state index in [0.717, 1.165) is 11.1 Å². The first kappa shape index (κ1) is 25.0. The Morgan fingerprint density at radius 2 is 1.74 bits per heavy atom. The Hall–Kier alpha value is -2.29. The summed E-state index contributed by atoms with van der Waals surface area (Å²) >= 11 is 0. The number of likely N-dealkylation sites (N-methyl/N-ethyl adjacent to an activating group) is 1. The van der Waals surface area contributed by atoms with E-state index in [4.69, 9.17) is 5.14 Å². The number of primary sulfonamides is 1. The third-order valence-electron chi connectivity index (χ3n) is 5.15. The summed E-state index contributed by atoms with van der Waals surface area (Å²) in [6.45, 7) is 8.26. The molecule has 0 bridgehead atoms. The van der Waals surface area contributed by atoms with Crippen LogP contribution >= 0.6 is 0 Å². The third-order valence-corrected chi connectivity index (χ3v) is 6.06. The maximum absolute atomic E-state index is 13.3. The van der Waals surface area contributed by atoms with E-state index in [1.54, 1.807) is 31.3 Å². The van der Waals surface area contributed by atoms with Crippen LogP contribution in [0.25, 0.3) is 0 Å². The number of halogens is 1. The summed E-state index contributed by atoms with van der Waals surface area (Å²) in [7, 11) is -2.00. The maximum Gasteiger partial charge on any atom is 0.238 e. The van der Waals surface area contributed by atoms with Gasteiger partial charge in [0, 0.05) is 6.04 Å². The van der Waals surface area contributed by atoms with Gasteiger partial charge in [0.15, 0.2) is 0 Å². The molecule has 0 aliphatic heterocycles. The Bertz CT molecular complexity index is 1000. The fourth-order valence-electron chi connectivity index (χ4n) is 3.37. The van der Waals surface area contributed by atoms with Gasteiger partial charge in [0.1, 0.15) is 5.82 Å². The number of sulfonamides is 1. The molecule has 2 atom stereocenters. The number of carbonyl (C=O) groups is 1. The second-order valence-corrected chi connectivity index (χ2v) is 10.7. The van der Waals surface area contributed by atoms with Gasteiger partial charge in [-0.05, 0) is 61.2 Å². The molecule has 0 fully saturated rings. The largest absolute Gasteiger partial charge is 0.348 e. The molecule has 0 aliphatic rings. The molecule has 2 rings (SSSR count). The number of nitrogens with zero attached hydrogens (tertiary/aromatic N) is 1. The van der Waals surface area contributed by atoms with Crippen molar-refractivity contribution in [2.24, 2.45) is 10.6 Å². The second kappa shape index (κ2) is 9.89. The van der Waals surface area contributed by atoms with Crippen LogP contribution < -0.4 is 10.5 Å². The fourth-order valence-corrected chi connectivity index (χ4v) is 3.94. The van der Waals surface area contributed by atoms with E-state index in [-0.39, 0.29) is 40.7 Å². The lowest BCUT2D eigenvalue weighted by atomic mass is 9.85. The maximum atomic E-state index is 13.3. The molecule has 170 valence electrons. The Morgan fingerprint density at radius 1 is 1.13 bits per heavy atom. The topological polar surface area (TPSA) is 92.5 Å². The van der Waals surface area contributed by atoms with E-state index in [2.05, 4.69) is 26.1 Å². The molecule has 0 aliphatic carbocycles. The van der Waals surface area contributed by atoms with Crippen LogP contribution in [0.5, 0.6) is 0 Å². The van der Waals surface area contributed by atoms with E-state index >= 15 is 0 Å². The molecule has 0 saturated heterocycles. The number of hydrogen-bond donors (Lipinski definition) is 2. The minimum Gasteiger partial charge on any atom is -0.348 e. The van der Waals surface area contributed by atoms with E-state index in [1.807, 2.05) is 11.8 Å². The van der Waals surface area contributed by atoms with Crippen molar-refractivity contribution in [1.82, 2.24) is 10.2 Å².